The van der Waals surface area contributed by atoms with Gasteiger partial charge < -0.3 is 5.32 Å². The number of nitrogens with zero attached hydrogens (tertiary/aromatic N) is 1. The van der Waals surface area contributed by atoms with Gasteiger partial charge in [0.1, 0.15) is 0 Å². The van der Waals surface area contributed by atoms with Gasteiger partial charge in [-0.2, -0.15) is 5.26 Å². The van der Waals surface area contributed by atoms with Crippen molar-refractivity contribution in [3.63, 3.8) is 0 Å². The fourth-order valence-corrected chi connectivity index (χ4v) is 1.17. The van der Waals surface area contributed by atoms with E-state index in [0.29, 0.717) is 6.42 Å². The SMILES string of the molecule is CCCC(C)(C)NCCC#N. The monoisotopic (exact) mass is 154 g/mol. The Hall–Kier alpha value is -0.550. The lowest BCUT2D eigenvalue weighted by atomic mass is 9.99. The van der Waals surface area contributed by atoms with Crippen LogP contribution in [0.3, 0.4) is 0 Å². The van der Waals surface area contributed by atoms with Crippen LogP contribution >= 0.6 is 0 Å². The molecule has 0 aromatic rings. The minimum atomic E-state index is 0.200. The van der Waals surface area contributed by atoms with Crippen molar-refractivity contribution in [3.05, 3.63) is 0 Å². The van der Waals surface area contributed by atoms with E-state index in [0.717, 1.165) is 6.54 Å². The Morgan fingerprint density at radius 2 is 2.09 bits per heavy atom. The van der Waals surface area contributed by atoms with E-state index in [1.165, 1.54) is 12.8 Å². The molecule has 0 aliphatic heterocycles. The third kappa shape index (κ3) is 5.87. The first-order valence-corrected chi connectivity index (χ1v) is 4.24. The highest BCUT2D eigenvalue weighted by Crippen LogP contribution is 2.09. The second kappa shape index (κ2) is 5.15. The largest absolute Gasteiger partial charge is 0.311 e. The molecule has 2 heteroatoms. The third-order valence-corrected chi connectivity index (χ3v) is 1.72. The molecule has 0 bridgehead atoms. The first kappa shape index (κ1) is 10.4. The molecular formula is C9H18N2. The number of hydrogen-bond donors (Lipinski definition) is 1. The fraction of sp³-hybridized carbons (Fsp3) is 0.889. The highest BCUT2D eigenvalue weighted by Gasteiger charge is 2.13. The second-order valence-electron chi connectivity index (χ2n) is 3.47. The summed E-state index contributed by atoms with van der Waals surface area (Å²) in [7, 11) is 0. The van der Waals surface area contributed by atoms with Crippen LogP contribution in [0.15, 0.2) is 0 Å². The molecule has 0 aliphatic rings. The Morgan fingerprint density at radius 3 is 2.55 bits per heavy atom. The van der Waals surface area contributed by atoms with Gasteiger partial charge in [-0.05, 0) is 20.3 Å². The average Bonchev–Trinajstić information content (AvgIpc) is 1.87. The van der Waals surface area contributed by atoms with Gasteiger partial charge in [-0.15, -0.1) is 0 Å². The van der Waals surface area contributed by atoms with Crippen molar-refractivity contribution in [3.8, 4) is 6.07 Å². The van der Waals surface area contributed by atoms with Gasteiger partial charge >= 0.3 is 0 Å². The van der Waals surface area contributed by atoms with Crippen molar-refractivity contribution in [2.45, 2.75) is 45.6 Å². The quantitative estimate of drug-likeness (QED) is 0.615. The molecule has 1 N–H and O–H groups in total. The van der Waals surface area contributed by atoms with Gasteiger partial charge in [0.15, 0.2) is 0 Å². The molecule has 0 unspecified atom stereocenters. The summed E-state index contributed by atoms with van der Waals surface area (Å²) >= 11 is 0. The standard InChI is InChI=1S/C9H18N2/c1-4-6-9(2,3)11-8-5-7-10/h11H,4-6,8H2,1-3H3. The van der Waals surface area contributed by atoms with Crippen molar-refractivity contribution in [2.75, 3.05) is 6.54 Å². The van der Waals surface area contributed by atoms with Crippen molar-refractivity contribution in [1.82, 2.24) is 5.32 Å². The summed E-state index contributed by atoms with van der Waals surface area (Å²) in [5.41, 5.74) is 0.200. The zero-order chi connectivity index (χ0) is 8.74. The zero-order valence-electron chi connectivity index (χ0n) is 7.78. The number of nitrogens with one attached hydrogen (secondary N) is 1. The highest BCUT2D eigenvalue weighted by molar-refractivity contribution is 4.79. The van der Waals surface area contributed by atoms with Gasteiger partial charge in [0.05, 0.1) is 6.07 Å². The molecule has 0 heterocycles. The molecule has 0 atom stereocenters. The number of hydrogen-bond acceptors (Lipinski definition) is 2. The molecule has 11 heavy (non-hydrogen) atoms. The van der Waals surface area contributed by atoms with Crippen LogP contribution in [0.1, 0.15) is 40.0 Å². The molecule has 64 valence electrons. The van der Waals surface area contributed by atoms with Gasteiger partial charge in [0.25, 0.3) is 0 Å². The van der Waals surface area contributed by atoms with Crippen molar-refractivity contribution in [2.24, 2.45) is 0 Å². The summed E-state index contributed by atoms with van der Waals surface area (Å²) in [6.45, 7) is 7.33. The summed E-state index contributed by atoms with van der Waals surface area (Å²) in [5.74, 6) is 0. The van der Waals surface area contributed by atoms with Gasteiger partial charge in [-0.1, -0.05) is 13.3 Å². The normalized spacial score (nSPS) is 11.1. The molecule has 0 radical (unpaired) electrons. The predicted molar refractivity (Wildman–Crippen MR) is 47.2 cm³/mol. The Labute approximate surface area is 69.6 Å². The van der Waals surface area contributed by atoms with Crippen LogP contribution in [-0.4, -0.2) is 12.1 Å². The molecule has 0 rings (SSSR count). The van der Waals surface area contributed by atoms with Crippen LogP contribution < -0.4 is 5.32 Å². The zero-order valence-corrected chi connectivity index (χ0v) is 7.78. The van der Waals surface area contributed by atoms with Crippen LogP contribution in [0.2, 0.25) is 0 Å². The number of rotatable bonds is 5. The Kier molecular flexibility index (Phi) is 4.89. The summed E-state index contributed by atoms with van der Waals surface area (Å²) < 4.78 is 0. The maximum atomic E-state index is 8.30. The molecule has 0 aromatic heterocycles. The third-order valence-electron chi connectivity index (χ3n) is 1.72. The Morgan fingerprint density at radius 1 is 1.45 bits per heavy atom. The van der Waals surface area contributed by atoms with E-state index in [9.17, 15) is 0 Å². The van der Waals surface area contributed by atoms with E-state index >= 15 is 0 Å². The molecule has 0 fully saturated rings. The lowest BCUT2D eigenvalue weighted by Crippen LogP contribution is -2.39. The molecule has 0 spiro atoms. The summed E-state index contributed by atoms with van der Waals surface area (Å²) in [6, 6.07) is 2.12. The second-order valence-corrected chi connectivity index (χ2v) is 3.47. The molecule has 0 saturated heterocycles. The summed E-state index contributed by atoms with van der Waals surface area (Å²) in [4.78, 5) is 0. The van der Waals surface area contributed by atoms with Crippen LogP contribution in [-0.2, 0) is 0 Å². The fourth-order valence-electron chi connectivity index (χ4n) is 1.17. The van der Waals surface area contributed by atoms with Crippen molar-refractivity contribution < 1.29 is 0 Å². The molecule has 0 aliphatic carbocycles. The maximum absolute atomic E-state index is 8.30. The first-order chi connectivity index (χ1) is 5.12. The van der Waals surface area contributed by atoms with Crippen LogP contribution in [0.25, 0.3) is 0 Å². The molecule has 0 amide bonds. The van der Waals surface area contributed by atoms with E-state index < -0.39 is 0 Å². The van der Waals surface area contributed by atoms with Crippen molar-refractivity contribution >= 4 is 0 Å². The minimum Gasteiger partial charge on any atom is -0.311 e. The van der Waals surface area contributed by atoms with Crippen LogP contribution in [0, 0.1) is 11.3 Å². The summed E-state index contributed by atoms with van der Waals surface area (Å²) in [6.07, 6.45) is 2.96. The Bertz CT molecular complexity index is 133. The van der Waals surface area contributed by atoms with E-state index in [2.05, 4.69) is 32.2 Å². The van der Waals surface area contributed by atoms with Gasteiger partial charge in [0, 0.05) is 18.5 Å². The first-order valence-electron chi connectivity index (χ1n) is 4.24. The minimum absolute atomic E-state index is 0.200. The van der Waals surface area contributed by atoms with Gasteiger partial charge in [0.2, 0.25) is 0 Å². The molecular weight excluding hydrogens is 136 g/mol. The average molecular weight is 154 g/mol. The van der Waals surface area contributed by atoms with Gasteiger partial charge in [-0.3, -0.25) is 0 Å². The van der Waals surface area contributed by atoms with E-state index in [1.54, 1.807) is 0 Å². The topological polar surface area (TPSA) is 35.8 Å². The maximum Gasteiger partial charge on any atom is 0.0635 e. The lowest BCUT2D eigenvalue weighted by molar-refractivity contribution is 0.363. The molecule has 2 nitrogen and oxygen atoms in total. The number of nitriles is 1. The summed E-state index contributed by atoms with van der Waals surface area (Å²) in [5, 5.41) is 11.6. The van der Waals surface area contributed by atoms with Crippen LogP contribution in [0.5, 0.6) is 0 Å². The van der Waals surface area contributed by atoms with Crippen LogP contribution in [0.4, 0.5) is 0 Å². The Balaban J connectivity index is 3.48. The highest BCUT2D eigenvalue weighted by atomic mass is 14.9. The predicted octanol–water partition coefficient (Wildman–Crippen LogP) is 2.07. The smallest absolute Gasteiger partial charge is 0.0635 e. The molecule has 0 aromatic carbocycles. The lowest BCUT2D eigenvalue weighted by Gasteiger charge is -2.25. The van der Waals surface area contributed by atoms with E-state index in [4.69, 9.17) is 5.26 Å². The van der Waals surface area contributed by atoms with Crippen molar-refractivity contribution in [1.29, 1.82) is 5.26 Å². The molecule has 0 saturated carbocycles. The van der Waals surface area contributed by atoms with Gasteiger partial charge in [-0.25, -0.2) is 0 Å². The van der Waals surface area contributed by atoms with E-state index in [-0.39, 0.29) is 5.54 Å². The van der Waals surface area contributed by atoms with E-state index in [1.807, 2.05) is 0 Å².